The molecule has 0 saturated heterocycles. The summed E-state index contributed by atoms with van der Waals surface area (Å²) in [5, 5.41) is 13.8. The fourth-order valence-electron chi connectivity index (χ4n) is 1.68. The van der Waals surface area contributed by atoms with E-state index in [0.29, 0.717) is 17.2 Å². The molecule has 3 N–H and O–H groups in total. The molecule has 0 unspecified atom stereocenters. The van der Waals surface area contributed by atoms with Gasteiger partial charge in [-0.2, -0.15) is 0 Å². The number of hydrogen-bond donors (Lipinski definition) is 2. The van der Waals surface area contributed by atoms with Crippen molar-refractivity contribution in [2.24, 2.45) is 0 Å². The number of benzene rings is 1. The molecule has 9 nitrogen and oxygen atoms in total. The van der Waals surface area contributed by atoms with E-state index >= 15 is 0 Å². The highest BCUT2D eigenvalue weighted by Crippen LogP contribution is 2.32. The molecule has 9 heteroatoms. The number of nitrogen functional groups attached to an aromatic ring is 1. The maximum atomic E-state index is 11.0. The van der Waals surface area contributed by atoms with Crippen LogP contribution in [0, 0.1) is 10.1 Å². The van der Waals surface area contributed by atoms with E-state index < -0.39 is 4.92 Å². The lowest BCUT2D eigenvalue weighted by Gasteiger charge is -2.10. The van der Waals surface area contributed by atoms with Gasteiger partial charge in [0.15, 0.2) is 0 Å². The maximum absolute atomic E-state index is 11.0. The molecular weight excluding hydrogens is 278 g/mol. The zero-order valence-electron chi connectivity index (χ0n) is 11.4. The predicted octanol–water partition coefficient (Wildman–Crippen LogP) is 1.73. The summed E-state index contributed by atoms with van der Waals surface area (Å²) in [6.07, 6.45) is 1.14. The minimum Gasteiger partial charge on any atom is -0.497 e. The van der Waals surface area contributed by atoms with Crippen molar-refractivity contribution >= 4 is 23.0 Å². The molecule has 0 fully saturated rings. The van der Waals surface area contributed by atoms with Crippen LogP contribution in [-0.2, 0) is 0 Å². The summed E-state index contributed by atoms with van der Waals surface area (Å²) in [6.45, 7) is 0. The minimum atomic E-state index is -0.644. The Morgan fingerprint density at radius 3 is 2.33 bits per heavy atom. The zero-order valence-corrected chi connectivity index (χ0v) is 11.4. The second kappa shape index (κ2) is 5.90. The fourth-order valence-corrected chi connectivity index (χ4v) is 1.68. The van der Waals surface area contributed by atoms with E-state index in [-0.39, 0.29) is 17.3 Å². The van der Waals surface area contributed by atoms with Gasteiger partial charge in [0.25, 0.3) is 0 Å². The van der Waals surface area contributed by atoms with E-state index in [4.69, 9.17) is 15.2 Å². The number of hydrogen-bond acceptors (Lipinski definition) is 8. The summed E-state index contributed by atoms with van der Waals surface area (Å²) < 4.78 is 10.3. The molecule has 2 rings (SSSR count). The van der Waals surface area contributed by atoms with E-state index in [1.807, 2.05) is 0 Å². The number of nitrogens with one attached hydrogen (secondary N) is 1. The van der Waals surface area contributed by atoms with Crippen molar-refractivity contribution in [1.82, 2.24) is 9.97 Å². The van der Waals surface area contributed by atoms with Crippen LogP contribution in [0.4, 0.5) is 23.0 Å². The first-order chi connectivity index (χ1) is 10.0. The molecule has 21 heavy (non-hydrogen) atoms. The first-order valence-electron chi connectivity index (χ1n) is 5.80. The number of rotatable bonds is 5. The number of aromatic nitrogens is 2. The fraction of sp³-hybridized carbons (Fsp3) is 0.167. The van der Waals surface area contributed by atoms with Crippen LogP contribution in [-0.4, -0.2) is 29.1 Å². The SMILES string of the molecule is COc1cc(Nc2ncnc(N)c2[N+](=O)[O-])cc(OC)c1. The topological polar surface area (TPSA) is 125 Å². The molecule has 0 spiro atoms. The Bertz CT molecular complexity index is 654. The Hall–Kier alpha value is -3.10. The van der Waals surface area contributed by atoms with Gasteiger partial charge < -0.3 is 20.5 Å². The molecule has 0 saturated carbocycles. The van der Waals surface area contributed by atoms with Gasteiger partial charge in [0, 0.05) is 23.9 Å². The van der Waals surface area contributed by atoms with Gasteiger partial charge in [0.05, 0.1) is 19.1 Å². The van der Waals surface area contributed by atoms with Crippen LogP contribution in [0.15, 0.2) is 24.5 Å². The van der Waals surface area contributed by atoms with Crippen molar-refractivity contribution in [3.63, 3.8) is 0 Å². The van der Waals surface area contributed by atoms with Crippen molar-refractivity contribution in [3.8, 4) is 11.5 Å². The molecule has 2 aromatic rings. The molecule has 1 aromatic carbocycles. The zero-order chi connectivity index (χ0) is 15.4. The van der Waals surface area contributed by atoms with Gasteiger partial charge >= 0.3 is 5.69 Å². The Morgan fingerprint density at radius 2 is 1.81 bits per heavy atom. The summed E-state index contributed by atoms with van der Waals surface area (Å²) in [5.41, 5.74) is 5.62. The van der Waals surface area contributed by atoms with Gasteiger partial charge in [-0.05, 0) is 0 Å². The van der Waals surface area contributed by atoms with Gasteiger partial charge in [-0.3, -0.25) is 10.1 Å². The van der Waals surface area contributed by atoms with Crippen molar-refractivity contribution in [1.29, 1.82) is 0 Å². The second-order valence-corrected chi connectivity index (χ2v) is 3.94. The van der Waals surface area contributed by atoms with E-state index in [0.717, 1.165) is 6.33 Å². The van der Waals surface area contributed by atoms with Crippen LogP contribution in [0.5, 0.6) is 11.5 Å². The van der Waals surface area contributed by atoms with E-state index in [1.165, 1.54) is 14.2 Å². The lowest BCUT2D eigenvalue weighted by Crippen LogP contribution is -2.05. The average molecular weight is 291 g/mol. The molecule has 110 valence electrons. The number of ether oxygens (including phenoxy) is 2. The lowest BCUT2D eigenvalue weighted by molar-refractivity contribution is -0.383. The molecule has 1 aromatic heterocycles. The normalized spacial score (nSPS) is 10.0. The number of nitrogens with zero attached hydrogens (tertiary/aromatic N) is 3. The van der Waals surface area contributed by atoms with Crippen LogP contribution < -0.4 is 20.5 Å². The summed E-state index contributed by atoms with van der Waals surface area (Å²) in [5.74, 6) is 0.832. The van der Waals surface area contributed by atoms with Gasteiger partial charge in [-0.1, -0.05) is 0 Å². The Labute approximate surface area is 119 Å². The largest absolute Gasteiger partial charge is 0.497 e. The van der Waals surface area contributed by atoms with Gasteiger partial charge in [0.2, 0.25) is 11.6 Å². The van der Waals surface area contributed by atoms with Crippen LogP contribution in [0.3, 0.4) is 0 Å². The first kappa shape index (κ1) is 14.3. The molecule has 1 heterocycles. The van der Waals surface area contributed by atoms with Crippen LogP contribution in [0.25, 0.3) is 0 Å². The Balaban J connectivity index is 2.43. The Morgan fingerprint density at radius 1 is 1.19 bits per heavy atom. The molecule has 0 radical (unpaired) electrons. The number of anilines is 3. The van der Waals surface area contributed by atoms with Crippen molar-refractivity contribution in [2.75, 3.05) is 25.3 Å². The van der Waals surface area contributed by atoms with Crippen molar-refractivity contribution in [2.45, 2.75) is 0 Å². The molecule has 0 aliphatic heterocycles. The first-order valence-corrected chi connectivity index (χ1v) is 5.80. The molecule has 0 amide bonds. The summed E-state index contributed by atoms with van der Waals surface area (Å²) in [7, 11) is 3.01. The second-order valence-electron chi connectivity index (χ2n) is 3.94. The highest BCUT2D eigenvalue weighted by Gasteiger charge is 2.21. The third kappa shape index (κ3) is 3.08. The molecule has 0 aliphatic rings. The molecule has 0 aliphatic carbocycles. The van der Waals surface area contributed by atoms with Gasteiger partial charge in [0.1, 0.15) is 17.8 Å². The van der Waals surface area contributed by atoms with Gasteiger partial charge in [-0.25, -0.2) is 9.97 Å². The monoisotopic (exact) mass is 291 g/mol. The van der Waals surface area contributed by atoms with Crippen molar-refractivity contribution < 1.29 is 14.4 Å². The smallest absolute Gasteiger partial charge is 0.353 e. The van der Waals surface area contributed by atoms with Crippen LogP contribution in [0.1, 0.15) is 0 Å². The van der Waals surface area contributed by atoms with E-state index in [2.05, 4.69) is 15.3 Å². The third-order valence-corrected chi connectivity index (χ3v) is 2.65. The van der Waals surface area contributed by atoms with Crippen LogP contribution >= 0.6 is 0 Å². The third-order valence-electron chi connectivity index (χ3n) is 2.65. The summed E-state index contributed by atoms with van der Waals surface area (Å²) >= 11 is 0. The molecule has 0 bridgehead atoms. The van der Waals surface area contributed by atoms with Crippen molar-refractivity contribution in [3.05, 3.63) is 34.6 Å². The maximum Gasteiger partial charge on any atom is 0.353 e. The Kier molecular flexibility index (Phi) is 4.02. The minimum absolute atomic E-state index is 0.0113. The number of methoxy groups -OCH3 is 2. The standard InChI is InChI=1S/C12H13N5O4/c1-20-8-3-7(4-9(5-8)21-2)16-12-10(17(18)19)11(13)14-6-15-12/h3-6H,1-2H3,(H3,13,14,15,16). The average Bonchev–Trinajstić information content (AvgIpc) is 2.46. The van der Waals surface area contributed by atoms with E-state index in [1.54, 1.807) is 18.2 Å². The number of nitro groups is 1. The number of nitrogens with two attached hydrogens (primary N) is 1. The molecule has 0 atom stereocenters. The summed E-state index contributed by atoms with van der Waals surface area (Å²) in [4.78, 5) is 17.8. The lowest BCUT2D eigenvalue weighted by atomic mass is 10.2. The van der Waals surface area contributed by atoms with Crippen LogP contribution in [0.2, 0.25) is 0 Å². The quantitative estimate of drug-likeness (QED) is 0.630. The van der Waals surface area contributed by atoms with Gasteiger partial charge in [-0.15, -0.1) is 0 Å². The predicted molar refractivity (Wildman–Crippen MR) is 75.9 cm³/mol. The molecular formula is C12H13N5O4. The van der Waals surface area contributed by atoms with E-state index in [9.17, 15) is 10.1 Å². The highest BCUT2D eigenvalue weighted by atomic mass is 16.6. The summed E-state index contributed by atoms with van der Waals surface area (Å²) in [6, 6.07) is 4.96. The highest BCUT2D eigenvalue weighted by molar-refractivity contribution is 5.73.